The topological polar surface area (TPSA) is 38.3 Å². The van der Waals surface area contributed by atoms with Gasteiger partial charge in [-0.1, -0.05) is 17.7 Å². The first-order valence-electron chi connectivity index (χ1n) is 4.20. The average Bonchev–Trinajstić information content (AvgIpc) is 2.17. The number of nitrogens with one attached hydrogen (secondary N) is 1. The number of rotatable bonds is 3. The van der Waals surface area contributed by atoms with E-state index in [0.717, 1.165) is 5.56 Å². The summed E-state index contributed by atoms with van der Waals surface area (Å²) in [5.74, 6) is 0.337. The van der Waals surface area contributed by atoms with E-state index in [2.05, 4.69) is 5.32 Å². The first-order valence-corrected chi connectivity index (χ1v) is 4.74. The Bertz CT molecular complexity index is 339. The number of halogens is 1. The Morgan fingerprint density at radius 2 is 2.29 bits per heavy atom. The fourth-order valence-corrected chi connectivity index (χ4v) is 1.25. The van der Waals surface area contributed by atoms with Crippen LogP contribution in [-0.4, -0.2) is 19.0 Å². The summed E-state index contributed by atoms with van der Waals surface area (Å²) >= 11 is 5.45. The number of carbonyl (C=O) groups excluding carboxylic acids is 1. The SMILES string of the molecule is CNC(=O)c1ccc(C)cc1OCCl. The van der Waals surface area contributed by atoms with Gasteiger partial charge in [-0.25, -0.2) is 0 Å². The lowest BCUT2D eigenvalue weighted by molar-refractivity contribution is 0.0960. The largest absolute Gasteiger partial charge is 0.477 e. The van der Waals surface area contributed by atoms with Gasteiger partial charge in [-0.2, -0.15) is 0 Å². The molecule has 0 aliphatic heterocycles. The standard InChI is InChI=1S/C10H12ClNO2/c1-7-3-4-8(10(13)12-2)9(5-7)14-6-11/h3-5H,6H2,1-2H3,(H,12,13). The predicted molar refractivity (Wildman–Crippen MR) is 55.9 cm³/mol. The Hall–Kier alpha value is -1.22. The summed E-state index contributed by atoms with van der Waals surface area (Å²) in [6, 6.07) is 5.39. The molecule has 3 nitrogen and oxygen atoms in total. The highest BCUT2D eigenvalue weighted by Gasteiger charge is 2.10. The Morgan fingerprint density at radius 1 is 1.57 bits per heavy atom. The van der Waals surface area contributed by atoms with Gasteiger partial charge in [0.1, 0.15) is 5.75 Å². The van der Waals surface area contributed by atoms with Gasteiger partial charge in [0.2, 0.25) is 0 Å². The van der Waals surface area contributed by atoms with Gasteiger partial charge in [-0.05, 0) is 24.6 Å². The average molecular weight is 214 g/mol. The zero-order valence-electron chi connectivity index (χ0n) is 8.13. The van der Waals surface area contributed by atoms with Gasteiger partial charge in [-0.15, -0.1) is 0 Å². The number of ether oxygens (including phenoxy) is 1. The first kappa shape index (κ1) is 10.9. The van der Waals surface area contributed by atoms with Crippen LogP contribution in [0.15, 0.2) is 18.2 Å². The Morgan fingerprint density at radius 3 is 2.86 bits per heavy atom. The summed E-state index contributed by atoms with van der Waals surface area (Å²) in [7, 11) is 1.58. The highest BCUT2D eigenvalue weighted by Crippen LogP contribution is 2.20. The van der Waals surface area contributed by atoms with E-state index in [9.17, 15) is 4.79 Å². The van der Waals surface area contributed by atoms with E-state index >= 15 is 0 Å². The zero-order valence-corrected chi connectivity index (χ0v) is 8.89. The number of alkyl halides is 1. The second-order valence-electron chi connectivity index (χ2n) is 2.83. The lowest BCUT2D eigenvalue weighted by Crippen LogP contribution is -2.18. The van der Waals surface area contributed by atoms with Gasteiger partial charge in [0.15, 0.2) is 6.07 Å². The fraction of sp³-hybridized carbons (Fsp3) is 0.300. The molecule has 0 aromatic heterocycles. The highest BCUT2D eigenvalue weighted by atomic mass is 35.5. The molecule has 0 spiro atoms. The molecule has 0 radical (unpaired) electrons. The molecular weight excluding hydrogens is 202 g/mol. The molecule has 0 saturated heterocycles. The van der Waals surface area contributed by atoms with E-state index in [0.29, 0.717) is 11.3 Å². The summed E-state index contributed by atoms with van der Waals surface area (Å²) in [5.41, 5.74) is 1.52. The molecule has 1 aromatic rings. The molecule has 14 heavy (non-hydrogen) atoms. The third kappa shape index (κ3) is 2.39. The van der Waals surface area contributed by atoms with Gasteiger partial charge < -0.3 is 10.1 Å². The molecule has 0 bridgehead atoms. The van der Waals surface area contributed by atoms with E-state index in [1.54, 1.807) is 19.2 Å². The summed E-state index contributed by atoms with van der Waals surface area (Å²) in [5, 5.41) is 2.54. The van der Waals surface area contributed by atoms with E-state index in [1.165, 1.54) is 0 Å². The van der Waals surface area contributed by atoms with Gasteiger partial charge in [0.05, 0.1) is 5.56 Å². The van der Waals surface area contributed by atoms with Crippen molar-refractivity contribution < 1.29 is 9.53 Å². The van der Waals surface area contributed by atoms with Crippen LogP contribution in [0.25, 0.3) is 0 Å². The van der Waals surface area contributed by atoms with Crippen LogP contribution in [0.5, 0.6) is 5.75 Å². The van der Waals surface area contributed by atoms with Crippen molar-refractivity contribution in [2.24, 2.45) is 0 Å². The minimum absolute atomic E-state index is 0.0352. The van der Waals surface area contributed by atoms with Crippen molar-refractivity contribution in [1.29, 1.82) is 0 Å². The summed E-state index contributed by atoms with van der Waals surface area (Å²) in [6.07, 6.45) is 0. The Kier molecular flexibility index (Phi) is 3.77. The van der Waals surface area contributed by atoms with Crippen LogP contribution in [0, 0.1) is 6.92 Å². The normalized spacial score (nSPS) is 9.64. The molecule has 0 fully saturated rings. The van der Waals surface area contributed by atoms with Crippen LogP contribution in [0.4, 0.5) is 0 Å². The van der Waals surface area contributed by atoms with Crippen LogP contribution < -0.4 is 10.1 Å². The molecule has 4 heteroatoms. The molecule has 1 rings (SSSR count). The number of aryl methyl sites for hydroxylation is 1. The third-order valence-corrected chi connectivity index (χ3v) is 1.93. The van der Waals surface area contributed by atoms with Crippen molar-refractivity contribution in [2.45, 2.75) is 6.92 Å². The number of hydrogen-bond donors (Lipinski definition) is 1. The second kappa shape index (κ2) is 4.86. The van der Waals surface area contributed by atoms with E-state index in [-0.39, 0.29) is 12.0 Å². The molecular formula is C10H12ClNO2. The number of hydrogen-bond acceptors (Lipinski definition) is 2. The predicted octanol–water partition coefficient (Wildman–Crippen LogP) is 1.93. The Balaban J connectivity index is 3.07. The fourth-order valence-electron chi connectivity index (χ4n) is 1.13. The van der Waals surface area contributed by atoms with Gasteiger partial charge in [0, 0.05) is 7.05 Å². The first-order chi connectivity index (χ1) is 6.69. The molecule has 76 valence electrons. The van der Waals surface area contributed by atoms with Crippen molar-refractivity contribution in [2.75, 3.05) is 13.1 Å². The highest BCUT2D eigenvalue weighted by molar-refractivity contribution is 6.17. The smallest absolute Gasteiger partial charge is 0.254 e. The summed E-state index contributed by atoms with van der Waals surface area (Å²) in [6.45, 7) is 1.93. The van der Waals surface area contributed by atoms with Crippen LogP contribution in [-0.2, 0) is 0 Å². The maximum absolute atomic E-state index is 11.4. The molecule has 0 aliphatic carbocycles. The van der Waals surface area contributed by atoms with Crippen molar-refractivity contribution >= 4 is 17.5 Å². The van der Waals surface area contributed by atoms with Crippen molar-refractivity contribution in [1.82, 2.24) is 5.32 Å². The van der Waals surface area contributed by atoms with Crippen molar-refractivity contribution in [3.63, 3.8) is 0 Å². The van der Waals surface area contributed by atoms with Crippen molar-refractivity contribution in [3.8, 4) is 5.75 Å². The Labute approximate surface area is 88.0 Å². The third-order valence-electron chi connectivity index (χ3n) is 1.82. The summed E-state index contributed by atoms with van der Waals surface area (Å²) < 4.78 is 5.15. The lowest BCUT2D eigenvalue weighted by atomic mass is 10.1. The molecule has 1 amide bonds. The van der Waals surface area contributed by atoms with Gasteiger partial charge >= 0.3 is 0 Å². The molecule has 0 unspecified atom stereocenters. The maximum Gasteiger partial charge on any atom is 0.254 e. The zero-order chi connectivity index (χ0) is 10.6. The van der Waals surface area contributed by atoms with Crippen LogP contribution in [0.3, 0.4) is 0 Å². The maximum atomic E-state index is 11.4. The molecule has 1 N–H and O–H groups in total. The molecule has 0 saturated carbocycles. The minimum atomic E-state index is -0.176. The number of carbonyl (C=O) groups is 1. The monoisotopic (exact) mass is 213 g/mol. The van der Waals surface area contributed by atoms with Crippen molar-refractivity contribution in [3.05, 3.63) is 29.3 Å². The van der Waals surface area contributed by atoms with Gasteiger partial charge in [0.25, 0.3) is 5.91 Å². The van der Waals surface area contributed by atoms with Crippen LogP contribution in [0.1, 0.15) is 15.9 Å². The number of benzene rings is 1. The van der Waals surface area contributed by atoms with E-state index in [1.807, 2.05) is 13.0 Å². The van der Waals surface area contributed by atoms with Gasteiger partial charge in [-0.3, -0.25) is 4.79 Å². The number of amides is 1. The second-order valence-corrected chi connectivity index (χ2v) is 3.05. The molecule has 0 atom stereocenters. The molecule has 0 heterocycles. The molecule has 0 aliphatic rings. The minimum Gasteiger partial charge on any atom is -0.477 e. The lowest BCUT2D eigenvalue weighted by Gasteiger charge is -2.08. The quantitative estimate of drug-likeness (QED) is 0.780. The summed E-state index contributed by atoms with van der Waals surface area (Å²) in [4.78, 5) is 11.4. The van der Waals surface area contributed by atoms with Crippen LogP contribution in [0.2, 0.25) is 0 Å². The van der Waals surface area contributed by atoms with Crippen LogP contribution >= 0.6 is 11.6 Å². The van der Waals surface area contributed by atoms with E-state index in [4.69, 9.17) is 16.3 Å². The van der Waals surface area contributed by atoms with E-state index < -0.39 is 0 Å². The molecule has 1 aromatic carbocycles.